The lowest BCUT2D eigenvalue weighted by Crippen LogP contribution is -2.04. The van der Waals surface area contributed by atoms with Gasteiger partial charge in [0, 0.05) is 10.9 Å². The number of hydrogen-bond acceptors (Lipinski definition) is 5. The molecule has 0 spiro atoms. The molecule has 0 aliphatic carbocycles. The van der Waals surface area contributed by atoms with Gasteiger partial charge in [0.25, 0.3) is 0 Å². The molecular weight excluding hydrogens is 294 g/mol. The van der Waals surface area contributed by atoms with Crippen molar-refractivity contribution in [1.29, 1.82) is 0 Å². The third-order valence-electron chi connectivity index (χ3n) is 3.43. The Bertz CT molecular complexity index is 955. The third-order valence-corrected chi connectivity index (χ3v) is 4.52. The Labute approximate surface area is 131 Å². The maximum absolute atomic E-state index is 6.03. The van der Waals surface area contributed by atoms with Crippen LogP contribution in [0.4, 0.5) is 5.82 Å². The highest BCUT2D eigenvalue weighted by atomic mass is 32.1. The van der Waals surface area contributed by atoms with Crippen LogP contribution in [0, 0.1) is 6.92 Å². The second-order valence-electron chi connectivity index (χ2n) is 5.02. The van der Waals surface area contributed by atoms with Gasteiger partial charge in [0.2, 0.25) is 0 Å². The minimum absolute atomic E-state index is 0.574. The van der Waals surface area contributed by atoms with Crippen molar-refractivity contribution in [2.45, 2.75) is 6.92 Å². The Hall–Kier alpha value is -2.73. The van der Waals surface area contributed by atoms with Crippen LogP contribution in [-0.2, 0) is 0 Å². The minimum atomic E-state index is 0.574. The summed E-state index contributed by atoms with van der Waals surface area (Å²) in [5, 5.41) is 5.38. The molecule has 0 aliphatic heterocycles. The quantitative estimate of drug-likeness (QED) is 0.616. The molecule has 3 heterocycles. The first kappa shape index (κ1) is 13.0. The van der Waals surface area contributed by atoms with E-state index in [-0.39, 0.29) is 0 Å². The van der Waals surface area contributed by atoms with E-state index in [9.17, 15) is 0 Å². The van der Waals surface area contributed by atoms with Gasteiger partial charge in [-0.05, 0) is 18.6 Å². The zero-order valence-corrected chi connectivity index (χ0v) is 12.7. The zero-order valence-electron chi connectivity index (χ0n) is 11.9. The molecule has 4 rings (SSSR count). The fraction of sp³-hybridized carbons (Fsp3) is 0.0625. The summed E-state index contributed by atoms with van der Waals surface area (Å²) < 4.78 is 1.67. The van der Waals surface area contributed by atoms with Gasteiger partial charge in [-0.2, -0.15) is 9.78 Å². The number of rotatable bonds is 2. The summed E-state index contributed by atoms with van der Waals surface area (Å²) in [4.78, 5) is 10.8. The van der Waals surface area contributed by atoms with Gasteiger partial charge in [0.1, 0.15) is 17.0 Å². The van der Waals surface area contributed by atoms with Crippen molar-refractivity contribution in [2.24, 2.45) is 0 Å². The van der Waals surface area contributed by atoms with Crippen LogP contribution in [0.3, 0.4) is 0 Å². The molecule has 0 amide bonds. The summed E-state index contributed by atoms with van der Waals surface area (Å²) in [6.07, 6.45) is 1.55. The Morgan fingerprint density at radius 1 is 1.09 bits per heavy atom. The Morgan fingerprint density at radius 2 is 1.91 bits per heavy atom. The van der Waals surface area contributed by atoms with Gasteiger partial charge in [-0.25, -0.2) is 9.97 Å². The fourth-order valence-electron chi connectivity index (χ4n) is 2.45. The molecule has 0 unspecified atom stereocenters. The van der Waals surface area contributed by atoms with Crippen LogP contribution in [0.25, 0.3) is 26.5 Å². The van der Waals surface area contributed by atoms with Gasteiger partial charge in [0.15, 0.2) is 5.82 Å². The number of thiophene rings is 1. The van der Waals surface area contributed by atoms with E-state index in [1.165, 1.54) is 5.56 Å². The number of anilines is 1. The molecule has 22 heavy (non-hydrogen) atoms. The van der Waals surface area contributed by atoms with Crippen molar-refractivity contribution in [3.8, 4) is 16.3 Å². The number of aromatic nitrogens is 4. The van der Waals surface area contributed by atoms with Crippen LogP contribution in [0.5, 0.6) is 0 Å². The lowest BCUT2D eigenvalue weighted by molar-refractivity contribution is 0.846. The average molecular weight is 307 g/mol. The molecule has 0 fully saturated rings. The number of aryl methyl sites for hydroxylation is 1. The maximum atomic E-state index is 6.03. The van der Waals surface area contributed by atoms with Crippen molar-refractivity contribution in [3.05, 3.63) is 54.5 Å². The van der Waals surface area contributed by atoms with Crippen molar-refractivity contribution < 1.29 is 0 Å². The van der Waals surface area contributed by atoms with Crippen LogP contribution in [0.1, 0.15) is 5.69 Å². The number of nitrogen functional groups attached to an aromatic ring is 1. The van der Waals surface area contributed by atoms with Gasteiger partial charge in [-0.3, -0.25) is 0 Å². The Balaban J connectivity index is 1.94. The number of benzene rings is 1. The average Bonchev–Trinajstić information content (AvgIpc) is 3.11. The van der Waals surface area contributed by atoms with E-state index in [0.29, 0.717) is 11.6 Å². The first-order valence-corrected chi connectivity index (χ1v) is 7.66. The van der Waals surface area contributed by atoms with Crippen LogP contribution in [0.2, 0.25) is 0 Å². The second kappa shape index (κ2) is 4.92. The largest absolute Gasteiger partial charge is 0.384 e. The van der Waals surface area contributed by atoms with Crippen molar-refractivity contribution >= 4 is 27.4 Å². The molecule has 108 valence electrons. The maximum Gasteiger partial charge on any atom is 0.167 e. The van der Waals surface area contributed by atoms with Crippen LogP contribution in [0.15, 0.2) is 48.8 Å². The molecular formula is C16H13N5S. The van der Waals surface area contributed by atoms with E-state index in [2.05, 4.69) is 33.3 Å². The van der Waals surface area contributed by atoms with Crippen LogP contribution < -0.4 is 5.73 Å². The zero-order chi connectivity index (χ0) is 15.1. The standard InChI is InChI=1S/C16H13N5S/c1-10-7-14(17)21(20-10)15-12-8-13(11-5-3-2-4-6-11)22-16(12)19-9-18-15/h2-9H,17H2,1H3. The van der Waals surface area contributed by atoms with E-state index in [4.69, 9.17) is 5.73 Å². The van der Waals surface area contributed by atoms with Crippen molar-refractivity contribution in [2.75, 3.05) is 5.73 Å². The second-order valence-corrected chi connectivity index (χ2v) is 6.05. The van der Waals surface area contributed by atoms with Crippen LogP contribution >= 0.6 is 11.3 Å². The van der Waals surface area contributed by atoms with E-state index in [1.54, 1.807) is 22.3 Å². The SMILES string of the molecule is Cc1cc(N)n(-c2ncnc3sc(-c4ccccc4)cc23)n1. The van der Waals surface area contributed by atoms with Gasteiger partial charge in [-0.15, -0.1) is 11.3 Å². The molecule has 0 bridgehead atoms. The summed E-state index contributed by atoms with van der Waals surface area (Å²) in [7, 11) is 0. The molecule has 4 aromatic rings. The molecule has 5 nitrogen and oxygen atoms in total. The highest BCUT2D eigenvalue weighted by molar-refractivity contribution is 7.21. The summed E-state index contributed by atoms with van der Waals surface area (Å²) >= 11 is 1.64. The molecule has 1 aromatic carbocycles. The van der Waals surface area contributed by atoms with Gasteiger partial charge in [0.05, 0.1) is 11.1 Å². The smallest absolute Gasteiger partial charge is 0.167 e. The monoisotopic (exact) mass is 307 g/mol. The number of nitrogens with two attached hydrogens (primary N) is 1. The molecule has 6 heteroatoms. The lowest BCUT2D eigenvalue weighted by atomic mass is 10.2. The minimum Gasteiger partial charge on any atom is -0.384 e. The Morgan fingerprint density at radius 3 is 2.64 bits per heavy atom. The highest BCUT2D eigenvalue weighted by Gasteiger charge is 2.14. The number of nitrogens with zero attached hydrogens (tertiary/aromatic N) is 4. The first-order chi connectivity index (χ1) is 10.7. The summed E-state index contributed by atoms with van der Waals surface area (Å²) in [5.74, 6) is 1.29. The highest BCUT2D eigenvalue weighted by Crippen LogP contribution is 2.34. The van der Waals surface area contributed by atoms with Crippen molar-refractivity contribution in [3.63, 3.8) is 0 Å². The van der Waals surface area contributed by atoms with E-state index in [0.717, 1.165) is 20.8 Å². The van der Waals surface area contributed by atoms with E-state index >= 15 is 0 Å². The predicted octanol–water partition coefficient (Wildman–Crippen LogP) is 3.43. The van der Waals surface area contributed by atoms with E-state index < -0.39 is 0 Å². The Kier molecular flexibility index (Phi) is 2.90. The van der Waals surface area contributed by atoms with Gasteiger partial charge < -0.3 is 5.73 Å². The van der Waals surface area contributed by atoms with Crippen LogP contribution in [-0.4, -0.2) is 19.7 Å². The number of hydrogen-bond donors (Lipinski definition) is 1. The summed E-state index contributed by atoms with van der Waals surface area (Å²) in [5.41, 5.74) is 8.06. The first-order valence-electron chi connectivity index (χ1n) is 6.85. The molecule has 0 atom stereocenters. The number of fused-ring (bicyclic) bond motifs is 1. The molecule has 0 aliphatic rings. The lowest BCUT2D eigenvalue weighted by Gasteiger charge is -2.03. The predicted molar refractivity (Wildman–Crippen MR) is 89.1 cm³/mol. The van der Waals surface area contributed by atoms with Gasteiger partial charge >= 0.3 is 0 Å². The molecule has 0 saturated heterocycles. The normalized spacial score (nSPS) is 11.1. The summed E-state index contributed by atoms with van der Waals surface area (Å²) in [6.45, 7) is 1.91. The van der Waals surface area contributed by atoms with Gasteiger partial charge in [-0.1, -0.05) is 30.3 Å². The third kappa shape index (κ3) is 2.05. The molecule has 3 aromatic heterocycles. The fourth-order valence-corrected chi connectivity index (χ4v) is 3.44. The molecule has 0 saturated carbocycles. The van der Waals surface area contributed by atoms with Crippen molar-refractivity contribution in [1.82, 2.24) is 19.7 Å². The topological polar surface area (TPSA) is 69.6 Å². The molecule has 0 radical (unpaired) electrons. The van der Waals surface area contributed by atoms with E-state index in [1.807, 2.05) is 31.2 Å². The molecule has 2 N–H and O–H groups in total. The summed E-state index contributed by atoms with van der Waals surface area (Å²) in [6, 6.07) is 14.2.